The average Bonchev–Trinajstić information content (AvgIpc) is 2.46. The number of hydrogen-bond donors (Lipinski definition) is 0. The van der Waals surface area contributed by atoms with E-state index in [1.165, 1.54) is 5.56 Å². The predicted octanol–water partition coefficient (Wildman–Crippen LogP) is 6.05. The van der Waals surface area contributed by atoms with Gasteiger partial charge in [0.15, 0.2) is 0 Å². The summed E-state index contributed by atoms with van der Waals surface area (Å²) in [4.78, 5) is 4.68. The summed E-state index contributed by atoms with van der Waals surface area (Å²) in [6.07, 6.45) is 0. The Morgan fingerprint density at radius 1 is 0.850 bits per heavy atom. The SMILES string of the molecule is Brc1ccc(CSc2ccc3cc(Br)ccc3n2)cc1. The first-order valence-electron chi connectivity index (χ1n) is 6.14. The summed E-state index contributed by atoms with van der Waals surface area (Å²) in [5.74, 6) is 0.933. The lowest BCUT2D eigenvalue weighted by atomic mass is 10.2. The molecule has 1 nitrogen and oxygen atoms in total. The molecule has 0 aliphatic heterocycles. The summed E-state index contributed by atoms with van der Waals surface area (Å²) in [5, 5.41) is 2.22. The summed E-state index contributed by atoms with van der Waals surface area (Å²) < 4.78 is 2.20. The second-order valence-electron chi connectivity index (χ2n) is 4.40. The minimum atomic E-state index is 0.933. The summed E-state index contributed by atoms with van der Waals surface area (Å²) in [7, 11) is 0. The number of fused-ring (bicyclic) bond motifs is 1. The maximum absolute atomic E-state index is 4.68. The lowest BCUT2D eigenvalue weighted by Gasteiger charge is -2.04. The molecular formula is C16H11Br2NS. The van der Waals surface area contributed by atoms with Gasteiger partial charge in [-0.3, -0.25) is 0 Å². The molecule has 0 radical (unpaired) electrons. The van der Waals surface area contributed by atoms with E-state index in [-0.39, 0.29) is 0 Å². The van der Waals surface area contributed by atoms with Gasteiger partial charge in [-0.05, 0) is 42.0 Å². The van der Waals surface area contributed by atoms with Crippen LogP contribution in [0.1, 0.15) is 5.56 Å². The third-order valence-electron chi connectivity index (χ3n) is 2.93. The van der Waals surface area contributed by atoms with E-state index in [4.69, 9.17) is 0 Å². The fourth-order valence-electron chi connectivity index (χ4n) is 1.90. The normalized spacial score (nSPS) is 10.9. The second kappa shape index (κ2) is 6.29. The van der Waals surface area contributed by atoms with Gasteiger partial charge < -0.3 is 0 Å². The van der Waals surface area contributed by atoms with E-state index in [1.807, 2.05) is 12.1 Å². The Balaban J connectivity index is 1.77. The topological polar surface area (TPSA) is 12.9 Å². The Hall–Kier alpha value is -0.840. The fourth-order valence-corrected chi connectivity index (χ4v) is 3.37. The molecule has 4 heteroatoms. The first-order valence-corrected chi connectivity index (χ1v) is 8.71. The number of rotatable bonds is 3. The largest absolute Gasteiger partial charge is 0.241 e. The van der Waals surface area contributed by atoms with Crippen LogP contribution >= 0.6 is 43.6 Å². The number of halogens is 2. The van der Waals surface area contributed by atoms with Gasteiger partial charge in [-0.2, -0.15) is 0 Å². The molecular weight excluding hydrogens is 398 g/mol. The van der Waals surface area contributed by atoms with Crippen LogP contribution in [0.2, 0.25) is 0 Å². The molecule has 0 bridgehead atoms. The average molecular weight is 409 g/mol. The zero-order valence-corrected chi connectivity index (χ0v) is 14.5. The van der Waals surface area contributed by atoms with Gasteiger partial charge in [0.05, 0.1) is 10.5 Å². The monoisotopic (exact) mass is 407 g/mol. The summed E-state index contributed by atoms with van der Waals surface area (Å²) in [6, 6.07) is 18.8. The zero-order chi connectivity index (χ0) is 13.9. The molecule has 3 rings (SSSR count). The van der Waals surface area contributed by atoms with E-state index < -0.39 is 0 Å². The molecule has 0 N–H and O–H groups in total. The van der Waals surface area contributed by atoms with Crippen LogP contribution in [-0.4, -0.2) is 4.98 Å². The number of nitrogens with zero attached hydrogens (tertiary/aromatic N) is 1. The van der Waals surface area contributed by atoms with Gasteiger partial charge in [-0.1, -0.05) is 50.1 Å². The first-order chi connectivity index (χ1) is 9.70. The lowest BCUT2D eigenvalue weighted by molar-refractivity contribution is 1.18. The van der Waals surface area contributed by atoms with Crippen LogP contribution in [0.15, 0.2) is 68.6 Å². The molecule has 20 heavy (non-hydrogen) atoms. The van der Waals surface area contributed by atoms with Crippen molar-refractivity contribution in [1.82, 2.24) is 4.98 Å². The standard InChI is InChI=1S/C16H11Br2NS/c17-13-4-1-11(2-5-13)10-20-16-8-3-12-9-14(18)6-7-15(12)19-16/h1-9H,10H2. The highest BCUT2D eigenvalue weighted by Crippen LogP contribution is 2.25. The molecule has 1 heterocycles. The van der Waals surface area contributed by atoms with Gasteiger partial charge in [0.25, 0.3) is 0 Å². The molecule has 0 aliphatic rings. The third-order valence-corrected chi connectivity index (χ3v) is 4.95. The molecule has 0 saturated carbocycles. The van der Waals surface area contributed by atoms with Crippen molar-refractivity contribution in [3.05, 3.63) is 69.1 Å². The molecule has 1 aromatic heterocycles. The number of pyridine rings is 1. The van der Waals surface area contributed by atoms with Crippen molar-refractivity contribution >= 4 is 54.5 Å². The fraction of sp³-hybridized carbons (Fsp3) is 0.0625. The van der Waals surface area contributed by atoms with E-state index in [0.29, 0.717) is 0 Å². The van der Waals surface area contributed by atoms with Gasteiger partial charge >= 0.3 is 0 Å². The molecule has 0 spiro atoms. The maximum Gasteiger partial charge on any atom is 0.0970 e. The van der Waals surface area contributed by atoms with Crippen molar-refractivity contribution in [2.24, 2.45) is 0 Å². The Kier molecular flexibility index (Phi) is 4.44. The lowest BCUT2D eigenvalue weighted by Crippen LogP contribution is -1.85. The second-order valence-corrected chi connectivity index (χ2v) is 7.23. The van der Waals surface area contributed by atoms with Crippen molar-refractivity contribution < 1.29 is 0 Å². The molecule has 0 fully saturated rings. The van der Waals surface area contributed by atoms with Crippen LogP contribution in [0.4, 0.5) is 0 Å². The highest BCUT2D eigenvalue weighted by atomic mass is 79.9. The highest BCUT2D eigenvalue weighted by molar-refractivity contribution is 9.10. The molecule has 0 unspecified atom stereocenters. The van der Waals surface area contributed by atoms with E-state index in [9.17, 15) is 0 Å². The van der Waals surface area contributed by atoms with Crippen LogP contribution in [0, 0.1) is 0 Å². The van der Waals surface area contributed by atoms with Crippen LogP contribution in [-0.2, 0) is 5.75 Å². The summed E-state index contributed by atoms with van der Waals surface area (Å²) in [5.41, 5.74) is 2.34. The van der Waals surface area contributed by atoms with Gasteiger partial charge in [-0.25, -0.2) is 4.98 Å². The molecule has 0 saturated heterocycles. The van der Waals surface area contributed by atoms with Gasteiger partial charge in [-0.15, -0.1) is 11.8 Å². The minimum Gasteiger partial charge on any atom is -0.241 e. The van der Waals surface area contributed by atoms with Crippen molar-refractivity contribution in [2.45, 2.75) is 10.8 Å². The number of hydrogen-bond acceptors (Lipinski definition) is 2. The van der Waals surface area contributed by atoms with E-state index in [0.717, 1.165) is 30.6 Å². The highest BCUT2D eigenvalue weighted by Gasteiger charge is 2.01. The van der Waals surface area contributed by atoms with Crippen molar-refractivity contribution in [3.63, 3.8) is 0 Å². The van der Waals surface area contributed by atoms with Crippen molar-refractivity contribution in [3.8, 4) is 0 Å². The smallest absolute Gasteiger partial charge is 0.0970 e. The quantitative estimate of drug-likeness (QED) is 0.489. The Labute approximate surface area is 139 Å². The zero-order valence-electron chi connectivity index (χ0n) is 10.5. The molecule has 0 aliphatic carbocycles. The molecule has 0 amide bonds. The molecule has 0 atom stereocenters. The molecule has 3 aromatic rings. The van der Waals surface area contributed by atoms with E-state index in [1.54, 1.807) is 11.8 Å². The number of aromatic nitrogens is 1. The molecule has 2 aromatic carbocycles. The van der Waals surface area contributed by atoms with Crippen LogP contribution < -0.4 is 0 Å². The van der Waals surface area contributed by atoms with Crippen molar-refractivity contribution in [1.29, 1.82) is 0 Å². The van der Waals surface area contributed by atoms with Gasteiger partial charge in [0, 0.05) is 20.1 Å². The van der Waals surface area contributed by atoms with Gasteiger partial charge in [0.2, 0.25) is 0 Å². The number of benzene rings is 2. The van der Waals surface area contributed by atoms with E-state index in [2.05, 4.69) is 79.3 Å². The van der Waals surface area contributed by atoms with Crippen molar-refractivity contribution in [2.75, 3.05) is 0 Å². The van der Waals surface area contributed by atoms with Crippen LogP contribution in [0.3, 0.4) is 0 Å². The Morgan fingerprint density at radius 3 is 2.40 bits per heavy atom. The summed E-state index contributed by atoms with van der Waals surface area (Å²) in [6.45, 7) is 0. The Bertz CT molecular complexity index is 741. The Morgan fingerprint density at radius 2 is 1.60 bits per heavy atom. The number of thioether (sulfide) groups is 1. The van der Waals surface area contributed by atoms with Crippen LogP contribution in [0.5, 0.6) is 0 Å². The minimum absolute atomic E-state index is 0.933. The van der Waals surface area contributed by atoms with E-state index >= 15 is 0 Å². The predicted molar refractivity (Wildman–Crippen MR) is 93.1 cm³/mol. The first kappa shape index (κ1) is 14.1. The maximum atomic E-state index is 4.68. The third kappa shape index (κ3) is 3.43. The van der Waals surface area contributed by atoms with Gasteiger partial charge in [0.1, 0.15) is 0 Å². The summed E-state index contributed by atoms with van der Waals surface area (Å²) >= 11 is 8.69. The van der Waals surface area contributed by atoms with Crippen LogP contribution in [0.25, 0.3) is 10.9 Å². The molecule has 100 valence electrons.